The Morgan fingerprint density at radius 1 is 1.45 bits per heavy atom. The zero-order chi connectivity index (χ0) is 8.27. The fourth-order valence-corrected chi connectivity index (χ4v) is 2.14. The van der Waals surface area contributed by atoms with Gasteiger partial charge < -0.3 is 4.90 Å². The Balaban J connectivity index is 2.33. The summed E-state index contributed by atoms with van der Waals surface area (Å²) >= 11 is 1.87. The Labute approximate surface area is 74.1 Å². The highest BCUT2D eigenvalue weighted by Gasteiger charge is 2.20. The molecule has 1 fully saturated rings. The van der Waals surface area contributed by atoms with Crippen LogP contribution >= 0.6 is 11.9 Å². The van der Waals surface area contributed by atoms with Gasteiger partial charge in [-0.3, -0.25) is 0 Å². The van der Waals surface area contributed by atoms with Crippen LogP contribution in [-0.2, 0) is 0 Å². The quantitative estimate of drug-likeness (QED) is 0.583. The van der Waals surface area contributed by atoms with Crippen molar-refractivity contribution in [3.63, 3.8) is 0 Å². The third-order valence-electron chi connectivity index (χ3n) is 2.35. The third kappa shape index (κ3) is 2.65. The predicted octanol–water partition coefficient (Wildman–Crippen LogP) is 1.29. The highest BCUT2D eigenvalue weighted by Crippen LogP contribution is 2.18. The maximum atomic E-state index is 2.45. The molecule has 1 unspecified atom stereocenters. The number of hydrogen-bond donors (Lipinski definition) is 0. The zero-order valence-corrected chi connectivity index (χ0v) is 8.52. The number of hydrogen-bond acceptors (Lipinski definition) is 3. The summed E-state index contributed by atoms with van der Waals surface area (Å²) in [4.78, 5) is 2.34. The molecule has 0 aromatic heterocycles. The molecule has 0 aromatic rings. The number of likely N-dealkylation sites (N-methyl/N-ethyl adjacent to an activating group) is 1. The van der Waals surface area contributed by atoms with Crippen molar-refractivity contribution in [1.29, 1.82) is 0 Å². The number of nitrogens with zero attached hydrogens (tertiary/aromatic N) is 2. The molecule has 1 atom stereocenters. The normalized spacial score (nSPS) is 27.8. The maximum absolute atomic E-state index is 2.45. The average Bonchev–Trinajstić information content (AvgIpc) is 2.05. The SMILES string of the molecule is CSN1CCCC(N(C)C)C1. The van der Waals surface area contributed by atoms with Crippen LogP contribution in [0.4, 0.5) is 0 Å². The molecule has 0 saturated carbocycles. The summed E-state index contributed by atoms with van der Waals surface area (Å²) in [7, 11) is 4.35. The second kappa shape index (κ2) is 4.33. The Morgan fingerprint density at radius 2 is 2.18 bits per heavy atom. The lowest BCUT2D eigenvalue weighted by Gasteiger charge is -2.34. The number of rotatable bonds is 2. The molecule has 0 N–H and O–H groups in total. The van der Waals surface area contributed by atoms with Crippen LogP contribution in [0.15, 0.2) is 0 Å². The van der Waals surface area contributed by atoms with Crippen molar-refractivity contribution in [2.45, 2.75) is 18.9 Å². The molecular formula is C8H18N2S. The Kier molecular flexibility index (Phi) is 3.69. The molecule has 1 heterocycles. The summed E-state index contributed by atoms with van der Waals surface area (Å²) in [5, 5.41) is 0. The molecule has 0 spiro atoms. The minimum atomic E-state index is 0.774. The zero-order valence-electron chi connectivity index (χ0n) is 7.71. The van der Waals surface area contributed by atoms with Gasteiger partial charge in [0.25, 0.3) is 0 Å². The summed E-state index contributed by atoms with van der Waals surface area (Å²) in [5.41, 5.74) is 0. The first kappa shape index (κ1) is 9.36. The smallest absolute Gasteiger partial charge is 0.0245 e. The first-order valence-corrected chi connectivity index (χ1v) is 5.37. The molecule has 11 heavy (non-hydrogen) atoms. The van der Waals surface area contributed by atoms with E-state index in [1.165, 1.54) is 25.9 Å². The topological polar surface area (TPSA) is 6.48 Å². The van der Waals surface area contributed by atoms with Crippen molar-refractivity contribution in [2.24, 2.45) is 0 Å². The van der Waals surface area contributed by atoms with Gasteiger partial charge in [0, 0.05) is 19.1 Å². The van der Waals surface area contributed by atoms with Crippen LogP contribution < -0.4 is 0 Å². The summed E-state index contributed by atoms with van der Waals surface area (Å²) in [5.74, 6) is 0. The van der Waals surface area contributed by atoms with E-state index in [0.29, 0.717) is 0 Å². The van der Waals surface area contributed by atoms with Crippen molar-refractivity contribution >= 4 is 11.9 Å². The highest BCUT2D eigenvalue weighted by molar-refractivity contribution is 7.96. The molecule has 1 saturated heterocycles. The van der Waals surface area contributed by atoms with Crippen LogP contribution in [0.2, 0.25) is 0 Å². The van der Waals surface area contributed by atoms with Gasteiger partial charge in [0.15, 0.2) is 0 Å². The molecule has 66 valence electrons. The summed E-state index contributed by atoms with van der Waals surface area (Å²) in [6.07, 6.45) is 4.88. The van der Waals surface area contributed by atoms with Crippen molar-refractivity contribution in [2.75, 3.05) is 33.4 Å². The van der Waals surface area contributed by atoms with Gasteiger partial charge in [-0.05, 0) is 33.2 Å². The molecule has 1 aliphatic rings. The van der Waals surface area contributed by atoms with E-state index in [4.69, 9.17) is 0 Å². The van der Waals surface area contributed by atoms with E-state index in [9.17, 15) is 0 Å². The van der Waals surface area contributed by atoms with Crippen LogP contribution in [-0.4, -0.2) is 48.7 Å². The second-order valence-electron chi connectivity index (χ2n) is 3.33. The van der Waals surface area contributed by atoms with Gasteiger partial charge in [0.2, 0.25) is 0 Å². The van der Waals surface area contributed by atoms with Crippen LogP contribution in [0.25, 0.3) is 0 Å². The first-order chi connectivity index (χ1) is 5.24. The summed E-state index contributed by atoms with van der Waals surface area (Å²) in [6, 6.07) is 0.774. The second-order valence-corrected chi connectivity index (χ2v) is 4.21. The van der Waals surface area contributed by atoms with Gasteiger partial charge >= 0.3 is 0 Å². The van der Waals surface area contributed by atoms with E-state index in [2.05, 4.69) is 29.6 Å². The third-order valence-corrected chi connectivity index (χ3v) is 3.20. The molecule has 0 radical (unpaired) electrons. The molecule has 0 aromatic carbocycles. The lowest BCUT2D eigenvalue weighted by molar-refractivity contribution is 0.198. The summed E-state index contributed by atoms with van der Waals surface area (Å²) < 4.78 is 2.45. The van der Waals surface area contributed by atoms with E-state index in [1.54, 1.807) is 0 Å². The highest BCUT2D eigenvalue weighted by atomic mass is 32.2. The van der Waals surface area contributed by atoms with Gasteiger partial charge in [-0.15, -0.1) is 0 Å². The molecule has 3 heteroatoms. The minimum absolute atomic E-state index is 0.774. The minimum Gasteiger partial charge on any atom is -0.305 e. The van der Waals surface area contributed by atoms with E-state index in [1.807, 2.05) is 11.9 Å². The monoisotopic (exact) mass is 174 g/mol. The van der Waals surface area contributed by atoms with Crippen molar-refractivity contribution in [1.82, 2.24) is 9.21 Å². The standard InChI is InChI=1S/C8H18N2S/c1-9(2)8-5-4-6-10(7-8)11-3/h8H,4-7H2,1-3H3. The fourth-order valence-electron chi connectivity index (χ4n) is 1.51. The van der Waals surface area contributed by atoms with Crippen molar-refractivity contribution in [3.05, 3.63) is 0 Å². The molecule has 0 amide bonds. The van der Waals surface area contributed by atoms with Gasteiger partial charge in [-0.25, -0.2) is 4.31 Å². The van der Waals surface area contributed by atoms with Gasteiger partial charge in [-0.1, -0.05) is 11.9 Å². The van der Waals surface area contributed by atoms with Crippen LogP contribution in [0.1, 0.15) is 12.8 Å². The van der Waals surface area contributed by atoms with Crippen molar-refractivity contribution < 1.29 is 0 Å². The van der Waals surface area contributed by atoms with Crippen LogP contribution in [0.3, 0.4) is 0 Å². The predicted molar refractivity (Wildman–Crippen MR) is 51.8 cm³/mol. The maximum Gasteiger partial charge on any atom is 0.0245 e. The molecule has 0 bridgehead atoms. The first-order valence-electron chi connectivity index (χ1n) is 4.19. The van der Waals surface area contributed by atoms with Crippen molar-refractivity contribution in [3.8, 4) is 0 Å². The molecule has 2 nitrogen and oxygen atoms in total. The average molecular weight is 174 g/mol. The molecule has 1 rings (SSSR count). The molecular weight excluding hydrogens is 156 g/mol. The Morgan fingerprint density at radius 3 is 2.73 bits per heavy atom. The van der Waals surface area contributed by atoms with Crippen LogP contribution in [0.5, 0.6) is 0 Å². The fraction of sp³-hybridized carbons (Fsp3) is 1.00. The van der Waals surface area contributed by atoms with Gasteiger partial charge in [-0.2, -0.15) is 0 Å². The van der Waals surface area contributed by atoms with Crippen LogP contribution in [0, 0.1) is 0 Å². The lowest BCUT2D eigenvalue weighted by atomic mass is 10.1. The Bertz CT molecular complexity index is 117. The summed E-state index contributed by atoms with van der Waals surface area (Å²) in [6.45, 7) is 2.50. The van der Waals surface area contributed by atoms with Gasteiger partial charge in [0.05, 0.1) is 0 Å². The van der Waals surface area contributed by atoms with E-state index in [0.717, 1.165) is 6.04 Å². The van der Waals surface area contributed by atoms with Gasteiger partial charge in [0.1, 0.15) is 0 Å². The lowest BCUT2D eigenvalue weighted by Crippen LogP contribution is -2.42. The molecule has 0 aliphatic carbocycles. The van der Waals surface area contributed by atoms with E-state index < -0.39 is 0 Å². The Hall–Kier alpha value is 0.270. The van der Waals surface area contributed by atoms with E-state index in [-0.39, 0.29) is 0 Å². The number of piperidine rings is 1. The largest absolute Gasteiger partial charge is 0.305 e. The van der Waals surface area contributed by atoms with E-state index >= 15 is 0 Å². The molecule has 1 aliphatic heterocycles.